The molecule has 6 nitrogen and oxygen atoms in total. The number of nitrogens with zero attached hydrogens (tertiary/aromatic N) is 1. The van der Waals surface area contributed by atoms with Gasteiger partial charge in [0.15, 0.2) is 0 Å². The number of nitriles is 1. The zero-order valence-corrected chi connectivity index (χ0v) is 14.6. The van der Waals surface area contributed by atoms with E-state index in [1.807, 2.05) is 6.07 Å². The molecule has 130 valence electrons. The van der Waals surface area contributed by atoms with Crippen LogP contribution in [-0.2, 0) is 10.0 Å². The van der Waals surface area contributed by atoms with Gasteiger partial charge in [-0.05, 0) is 37.0 Å². The van der Waals surface area contributed by atoms with E-state index >= 15 is 0 Å². The normalized spacial score (nSPS) is 21.0. The highest BCUT2D eigenvalue weighted by molar-refractivity contribution is 7.89. The van der Waals surface area contributed by atoms with E-state index in [2.05, 4.69) is 17.0 Å². The van der Waals surface area contributed by atoms with Crippen molar-refractivity contribution in [2.24, 2.45) is 5.92 Å². The molecule has 0 heterocycles. The third-order valence-corrected chi connectivity index (χ3v) is 5.82. The highest BCUT2D eigenvalue weighted by Crippen LogP contribution is 2.24. The van der Waals surface area contributed by atoms with Crippen molar-refractivity contribution < 1.29 is 13.2 Å². The summed E-state index contributed by atoms with van der Waals surface area (Å²) in [7, 11) is -3.71. The Bertz CT molecular complexity index is 725. The summed E-state index contributed by atoms with van der Waals surface area (Å²) in [6.07, 6.45) is 4.45. The van der Waals surface area contributed by atoms with Crippen molar-refractivity contribution in [3.05, 3.63) is 29.8 Å². The lowest BCUT2D eigenvalue weighted by atomic mass is 9.86. The quantitative estimate of drug-likeness (QED) is 0.769. The van der Waals surface area contributed by atoms with Gasteiger partial charge in [-0.2, -0.15) is 5.26 Å². The van der Waals surface area contributed by atoms with Gasteiger partial charge in [-0.25, -0.2) is 13.1 Å². The minimum absolute atomic E-state index is 0.0322. The van der Waals surface area contributed by atoms with E-state index in [9.17, 15) is 13.2 Å². The molecule has 0 bridgehead atoms. The van der Waals surface area contributed by atoms with E-state index in [0.29, 0.717) is 11.5 Å². The van der Waals surface area contributed by atoms with Crippen LogP contribution in [0.3, 0.4) is 0 Å². The zero-order valence-electron chi connectivity index (χ0n) is 13.8. The van der Waals surface area contributed by atoms with Crippen molar-refractivity contribution in [2.45, 2.75) is 50.0 Å². The van der Waals surface area contributed by atoms with Crippen LogP contribution in [0.15, 0.2) is 29.2 Å². The van der Waals surface area contributed by atoms with Crippen LogP contribution in [0, 0.1) is 17.2 Å². The van der Waals surface area contributed by atoms with Gasteiger partial charge in [0.2, 0.25) is 10.0 Å². The molecule has 0 aliphatic heterocycles. The first-order valence-electron chi connectivity index (χ1n) is 8.21. The molecule has 2 rings (SSSR count). The van der Waals surface area contributed by atoms with Crippen LogP contribution >= 0.6 is 0 Å². The van der Waals surface area contributed by atoms with Crippen molar-refractivity contribution >= 4 is 15.9 Å². The fourth-order valence-corrected chi connectivity index (χ4v) is 3.99. The number of hydrogen-bond donors (Lipinski definition) is 2. The predicted molar refractivity (Wildman–Crippen MR) is 90.7 cm³/mol. The molecule has 0 saturated heterocycles. The second-order valence-corrected chi connectivity index (χ2v) is 7.94. The Morgan fingerprint density at radius 1 is 1.33 bits per heavy atom. The highest BCUT2D eigenvalue weighted by atomic mass is 32.2. The van der Waals surface area contributed by atoms with Crippen molar-refractivity contribution in [1.82, 2.24) is 10.0 Å². The number of hydrogen-bond acceptors (Lipinski definition) is 4. The van der Waals surface area contributed by atoms with E-state index in [-0.39, 0.29) is 29.8 Å². The van der Waals surface area contributed by atoms with Crippen molar-refractivity contribution in [3.8, 4) is 6.07 Å². The monoisotopic (exact) mass is 349 g/mol. The standard InChI is InChI=1S/C17H23N3O3S/c1-13-6-2-3-9-16(13)20-17(21)14-7-4-8-15(12-14)24(22,23)19-11-5-10-18/h4,7-8,12-13,16,19H,2-3,5-6,9,11H2,1H3,(H,20,21)/t13-,16-/m1/s1. The smallest absolute Gasteiger partial charge is 0.251 e. The Morgan fingerprint density at radius 3 is 2.79 bits per heavy atom. The van der Waals surface area contributed by atoms with Gasteiger partial charge in [0.05, 0.1) is 11.0 Å². The zero-order chi connectivity index (χ0) is 17.6. The average Bonchev–Trinajstić information content (AvgIpc) is 2.57. The van der Waals surface area contributed by atoms with Crippen LogP contribution < -0.4 is 10.0 Å². The molecule has 1 aromatic rings. The first kappa shape index (κ1) is 18.4. The number of carbonyl (C=O) groups is 1. The van der Waals surface area contributed by atoms with Crippen LogP contribution in [0.1, 0.15) is 49.4 Å². The van der Waals surface area contributed by atoms with E-state index < -0.39 is 10.0 Å². The maximum atomic E-state index is 12.4. The van der Waals surface area contributed by atoms with Gasteiger partial charge in [0.25, 0.3) is 5.91 Å². The summed E-state index contributed by atoms with van der Waals surface area (Å²) in [5.41, 5.74) is 0.330. The number of benzene rings is 1. The molecule has 1 aliphatic rings. The topological polar surface area (TPSA) is 99.1 Å². The minimum Gasteiger partial charge on any atom is -0.349 e. The molecule has 0 unspecified atom stereocenters. The Kier molecular flexibility index (Phi) is 6.35. The van der Waals surface area contributed by atoms with Crippen molar-refractivity contribution in [1.29, 1.82) is 5.26 Å². The summed E-state index contributed by atoms with van der Waals surface area (Å²) in [6.45, 7) is 2.18. The molecule has 24 heavy (non-hydrogen) atoms. The predicted octanol–water partition coefficient (Wildman–Crippen LogP) is 2.19. The molecule has 0 radical (unpaired) electrons. The number of rotatable bonds is 6. The first-order valence-corrected chi connectivity index (χ1v) is 9.70. The van der Waals surface area contributed by atoms with Crippen molar-refractivity contribution in [2.75, 3.05) is 6.54 Å². The maximum Gasteiger partial charge on any atom is 0.251 e. The Labute approximate surface area is 143 Å². The molecule has 7 heteroatoms. The SMILES string of the molecule is C[C@@H]1CCCC[C@H]1NC(=O)c1cccc(S(=O)(=O)NCCC#N)c1. The molecule has 2 N–H and O–H groups in total. The second-order valence-electron chi connectivity index (χ2n) is 6.18. The van der Waals surface area contributed by atoms with Gasteiger partial charge >= 0.3 is 0 Å². The summed E-state index contributed by atoms with van der Waals surface area (Å²) < 4.78 is 26.7. The third kappa shape index (κ3) is 4.79. The first-order chi connectivity index (χ1) is 11.4. The molecule has 1 fully saturated rings. The lowest BCUT2D eigenvalue weighted by molar-refractivity contribution is 0.0910. The third-order valence-electron chi connectivity index (χ3n) is 4.36. The van der Waals surface area contributed by atoms with Gasteiger partial charge in [-0.3, -0.25) is 4.79 Å². The van der Waals surface area contributed by atoms with E-state index in [1.165, 1.54) is 18.6 Å². The summed E-state index contributed by atoms with van der Waals surface area (Å²) >= 11 is 0. The summed E-state index contributed by atoms with van der Waals surface area (Å²) in [6, 6.07) is 7.99. The van der Waals surface area contributed by atoms with E-state index in [0.717, 1.165) is 19.3 Å². The number of sulfonamides is 1. The van der Waals surface area contributed by atoms with Gasteiger partial charge < -0.3 is 5.32 Å². The van der Waals surface area contributed by atoms with Crippen LogP contribution in [0.2, 0.25) is 0 Å². The molecular weight excluding hydrogens is 326 g/mol. The lowest BCUT2D eigenvalue weighted by Crippen LogP contribution is -2.41. The number of amides is 1. The van der Waals surface area contributed by atoms with Crippen LogP contribution in [-0.4, -0.2) is 26.9 Å². The number of nitrogens with one attached hydrogen (secondary N) is 2. The molecular formula is C17H23N3O3S. The lowest BCUT2D eigenvalue weighted by Gasteiger charge is -2.29. The summed E-state index contributed by atoms with van der Waals surface area (Å²) in [4.78, 5) is 12.5. The van der Waals surface area contributed by atoms with E-state index in [1.54, 1.807) is 12.1 Å². The van der Waals surface area contributed by atoms with Gasteiger partial charge in [0, 0.05) is 24.6 Å². The Morgan fingerprint density at radius 2 is 2.08 bits per heavy atom. The Balaban J connectivity index is 2.09. The van der Waals surface area contributed by atoms with E-state index in [4.69, 9.17) is 5.26 Å². The molecule has 1 aromatic carbocycles. The molecule has 0 spiro atoms. The largest absolute Gasteiger partial charge is 0.349 e. The average molecular weight is 349 g/mol. The fraction of sp³-hybridized carbons (Fsp3) is 0.529. The Hall–Kier alpha value is -1.91. The summed E-state index contributed by atoms with van der Waals surface area (Å²) in [5, 5.41) is 11.5. The van der Waals surface area contributed by atoms with Gasteiger partial charge in [-0.15, -0.1) is 0 Å². The maximum absolute atomic E-state index is 12.4. The van der Waals surface area contributed by atoms with Crippen molar-refractivity contribution in [3.63, 3.8) is 0 Å². The molecule has 0 aromatic heterocycles. The number of carbonyl (C=O) groups excluding carboxylic acids is 1. The second kappa shape index (κ2) is 8.27. The molecule has 1 aliphatic carbocycles. The molecule has 1 amide bonds. The molecule has 1 saturated carbocycles. The van der Waals surface area contributed by atoms with Crippen LogP contribution in [0.25, 0.3) is 0 Å². The highest BCUT2D eigenvalue weighted by Gasteiger charge is 2.24. The van der Waals surface area contributed by atoms with Gasteiger partial charge in [-0.1, -0.05) is 25.8 Å². The molecule has 2 atom stereocenters. The van der Waals surface area contributed by atoms with Crippen LogP contribution in [0.4, 0.5) is 0 Å². The minimum atomic E-state index is -3.71. The van der Waals surface area contributed by atoms with Crippen LogP contribution in [0.5, 0.6) is 0 Å². The van der Waals surface area contributed by atoms with Gasteiger partial charge in [0.1, 0.15) is 0 Å². The fourth-order valence-electron chi connectivity index (χ4n) is 2.91. The summed E-state index contributed by atoms with van der Waals surface area (Å²) in [5.74, 6) is 0.185.